The van der Waals surface area contributed by atoms with Gasteiger partial charge < -0.3 is 10.5 Å². The molecule has 2 unspecified atom stereocenters. The molecule has 1 saturated carbocycles. The van der Waals surface area contributed by atoms with Crippen molar-refractivity contribution in [2.75, 3.05) is 6.54 Å². The summed E-state index contributed by atoms with van der Waals surface area (Å²) < 4.78 is 5.84. The normalized spacial score (nSPS) is 31.9. The van der Waals surface area contributed by atoms with E-state index in [4.69, 9.17) is 10.5 Å². The average Bonchev–Trinajstić information content (AvgIpc) is 2.57. The van der Waals surface area contributed by atoms with Crippen LogP contribution in [0.25, 0.3) is 0 Å². The van der Waals surface area contributed by atoms with Gasteiger partial charge in [0.2, 0.25) is 0 Å². The molecule has 2 atom stereocenters. The van der Waals surface area contributed by atoms with Gasteiger partial charge in [-0.1, -0.05) is 23.8 Å². The van der Waals surface area contributed by atoms with Gasteiger partial charge in [0.05, 0.1) is 11.7 Å². The first kappa shape index (κ1) is 14.4. The van der Waals surface area contributed by atoms with Crippen LogP contribution in [0.5, 0.6) is 0 Å². The summed E-state index contributed by atoms with van der Waals surface area (Å²) in [6.45, 7) is 0.799. The van der Waals surface area contributed by atoms with Gasteiger partial charge in [-0.05, 0) is 56.7 Å². The SMILES string of the molecule is Cl.NCCC1CCC2=CC=COC3=CC=CCC23C1. The molecule has 3 rings (SSSR count). The summed E-state index contributed by atoms with van der Waals surface area (Å²) in [5.41, 5.74) is 7.40. The van der Waals surface area contributed by atoms with Gasteiger partial charge in [-0.3, -0.25) is 0 Å². The van der Waals surface area contributed by atoms with Crippen LogP contribution in [0, 0.1) is 11.3 Å². The van der Waals surface area contributed by atoms with Crippen molar-refractivity contribution in [3.8, 4) is 0 Å². The fourth-order valence-electron chi connectivity index (χ4n) is 3.63. The quantitative estimate of drug-likeness (QED) is 0.833. The molecule has 104 valence electrons. The summed E-state index contributed by atoms with van der Waals surface area (Å²) in [7, 11) is 0. The molecule has 1 heterocycles. The topological polar surface area (TPSA) is 35.2 Å². The maximum absolute atomic E-state index is 5.84. The van der Waals surface area contributed by atoms with Crippen molar-refractivity contribution in [2.45, 2.75) is 32.1 Å². The zero-order chi connectivity index (χ0) is 12.4. The second-order valence-electron chi connectivity index (χ2n) is 5.57. The summed E-state index contributed by atoms with van der Waals surface area (Å²) >= 11 is 0. The molecule has 0 aromatic heterocycles. The molecule has 0 aromatic carbocycles. The second kappa shape index (κ2) is 5.98. The van der Waals surface area contributed by atoms with E-state index < -0.39 is 0 Å². The van der Waals surface area contributed by atoms with E-state index in [1.807, 2.05) is 12.3 Å². The van der Waals surface area contributed by atoms with Crippen LogP contribution in [-0.4, -0.2) is 6.54 Å². The van der Waals surface area contributed by atoms with Gasteiger partial charge in [0.1, 0.15) is 5.76 Å². The van der Waals surface area contributed by atoms with Crippen LogP contribution in [0.3, 0.4) is 0 Å². The minimum Gasteiger partial charge on any atom is -0.468 e. The number of rotatable bonds is 2. The van der Waals surface area contributed by atoms with E-state index in [-0.39, 0.29) is 17.8 Å². The maximum atomic E-state index is 5.84. The molecule has 1 spiro atoms. The van der Waals surface area contributed by atoms with E-state index in [2.05, 4.69) is 24.3 Å². The molecule has 1 fully saturated rings. The third-order valence-corrected chi connectivity index (χ3v) is 4.54. The van der Waals surface area contributed by atoms with Crippen LogP contribution in [0.1, 0.15) is 32.1 Å². The molecular formula is C16H22ClNO. The van der Waals surface area contributed by atoms with Gasteiger partial charge in [0.15, 0.2) is 0 Å². The lowest BCUT2D eigenvalue weighted by Gasteiger charge is -2.44. The molecule has 0 saturated heterocycles. The highest BCUT2D eigenvalue weighted by molar-refractivity contribution is 5.85. The Morgan fingerprint density at radius 2 is 2.21 bits per heavy atom. The Hall–Kier alpha value is -0.990. The molecule has 0 radical (unpaired) electrons. The van der Waals surface area contributed by atoms with Gasteiger partial charge in [0.25, 0.3) is 0 Å². The van der Waals surface area contributed by atoms with E-state index >= 15 is 0 Å². The van der Waals surface area contributed by atoms with Crippen LogP contribution in [-0.2, 0) is 4.74 Å². The fraction of sp³-hybridized carbons (Fsp3) is 0.500. The first-order chi connectivity index (χ1) is 8.85. The van der Waals surface area contributed by atoms with Crippen LogP contribution in [0.15, 0.2) is 48.0 Å². The molecule has 2 nitrogen and oxygen atoms in total. The highest BCUT2D eigenvalue weighted by atomic mass is 35.5. The summed E-state index contributed by atoms with van der Waals surface area (Å²) in [5, 5.41) is 0. The lowest BCUT2D eigenvalue weighted by atomic mass is 9.62. The standard InChI is InChI=1S/C16H21NO.ClH/c17-10-8-13-6-7-14-4-3-11-18-15-5-1-2-9-16(14,15)12-13;/h1-5,11,13H,6-10,12,17H2;1H. The summed E-state index contributed by atoms with van der Waals surface area (Å²) in [5.74, 6) is 1.87. The summed E-state index contributed by atoms with van der Waals surface area (Å²) in [4.78, 5) is 0. The molecule has 3 aliphatic rings. The highest BCUT2D eigenvalue weighted by Gasteiger charge is 2.44. The predicted octanol–water partition coefficient (Wildman–Crippen LogP) is 3.86. The monoisotopic (exact) mass is 279 g/mol. The zero-order valence-electron chi connectivity index (χ0n) is 11.2. The molecule has 2 N–H and O–H groups in total. The third-order valence-electron chi connectivity index (χ3n) is 4.54. The Morgan fingerprint density at radius 1 is 1.32 bits per heavy atom. The fourth-order valence-corrected chi connectivity index (χ4v) is 3.63. The van der Waals surface area contributed by atoms with E-state index in [1.165, 1.54) is 19.3 Å². The van der Waals surface area contributed by atoms with Crippen molar-refractivity contribution in [3.05, 3.63) is 48.0 Å². The number of allylic oxidation sites excluding steroid dienone is 6. The van der Waals surface area contributed by atoms with Crippen molar-refractivity contribution in [1.29, 1.82) is 0 Å². The van der Waals surface area contributed by atoms with Crippen molar-refractivity contribution in [2.24, 2.45) is 17.1 Å². The van der Waals surface area contributed by atoms with Crippen LogP contribution < -0.4 is 5.73 Å². The molecule has 0 bridgehead atoms. The van der Waals surface area contributed by atoms with Crippen LogP contribution in [0.4, 0.5) is 0 Å². The molecule has 0 aromatic rings. The van der Waals surface area contributed by atoms with Crippen LogP contribution >= 0.6 is 12.4 Å². The minimum absolute atomic E-state index is 0. The first-order valence-corrected chi connectivity index (χ1v) is 6.95. The van der Waals surface area contributed by atoms with Crippen molar-refractivity contribution >= 4 is 12.4 Å². The summed E-state index contributed by atoms with van der Waals surface area (Å²) in [6, 6.07) is 0. The average molecular weight is 280 g/mol. The Balaban J connectivity index is 0.00000133. The number of halogens is 1. The van der Waals surface area contributed by atoms with Gasteiger partial charge in [-0.2, -0.15) is 0 Å². The Kier molecular flexibility index (Phi) is 4.54. The lowest BCUT2D eigenvalue weighted by molar-refractivity contribution is 0.161. The van der Waals surface area contributed by atoms with Crippen LogP contribution in [0.2, 0.25) is 0 Å². The Morgan fingerprint density at radius 3 is 3.05 bits per heavy atom. The number of nitrogens with two attached hydrogens (primary N) is 1. The van der Waals surface area contributed by atoms with Gasteiger partial charge in [-0.15, -0.1) is 12.4 Å². The molecular weight excluding hydrogens is 258 g/mol. The number of hydrogen-bond acceptors (Lipinski definition) is 2. The second-order valence-corrected chi connectivity index (χ2v) is 5.57. The molecule has 3 heteroatoms. The van der Waals surface area contributed by atoms with Gasteiger partial charge in [0, 0.05) is 0 Å². The first-order valence-electron chi connectivity index (χ1n) is 6.95. The maximum Gasteiger partial charge on any atom is 0.114 e. The smallest absolute Gasteiger partial charge is 0.114 e. The highest BCUT2D eigenvalue weighted by Crippen LogP contribution is 2.54. The largest absolute Gasteiger partial charge is 0.468 e. The Bertz CT molecular complexity index is 450. The minimum atomic E-state index is 0. The predicted molar refractivity (Wildman–Crippen MR) is 80.8 cm³/mol. The number of hydrogen-bond donors (Lipinski definition) is 1. The van der Waals surface area contributed by atoms with E-state index in [0.717, 1.165) is 31.1 Å². The van der Waals surface area contributed by atoms with Crippen molar-refractivity contribution in [1.82, 2.24) is 0 Å². The molecule has 0 amide bonds. The van der Waals surface area contributed by atoms with E-state index in [1.54, 1.807) is 5.57 Å². The Labute approximate surface area is 121 Å². The molecule has 1 aliphatic heterocycles. The van der Waals surface area contributed by atoms with Crippen molar-refractivity contribution < 1.29 is 4.74 Å². The van der Waals surface area contributed by atoms with E-state index in [0.29, 0.717) is 0 Å². The number of ether oxygens (including phenoxy) is 1. The zero-order valence-corrected chi connectivity index (χ0v) is 12.0. The third kappa shape index (κ3) is 2.52. The van der Waals surface area contributed by atoms with Crippen molar-refractivity contribution in [3.63, 3.8) is 0 Å². The lowest BCUT2D eigenvalue weighted by Crippen LogP contribution is -2.34. The van der Waals surface area contributed by atoms with Gasteiger partial charge >= 0.3 is 0 Å². The van der Waals surface area contributed by atoms with Gasteiger partial charge in [-0.25, -0.2) is 0 Å². The molecule has 19 heavy (non-hydrogen) atoms. The van der Waals surface area contributed by atoms with E-state index in [9.17, 15) is 0 Å². The molecule has 2 aliphatic carbocycles. The summed E-state index contributed by atoms with van der Waals surface area (Å²) in [6.07, 6.45) is 18.5.